The number of nitrogens with zero attached hydrogens (tertiary/aromatic N) is 1. The van der Waals surface area contributed by atoms with Gasteiger partial charge in [0.25, 0.3) is 0 Å². The zero-order valence-electron chi connectivity index (χ0n) is 23.8. The van der Waals surface area contributed by atoms with Gasteiger partial charge in [-0.15, -0.1) is 0 Å². The molecule has 0 amide bonds. The van der Waals surface area contributed by atoms with Crippen LogP contribution in [-0.4, -0.2) is 92.0 Å². The predicted octanol–water partition coefficient (Wildman–Crippen LogP) is 4.51. The highest BCUT2D eigenvalue weighted by Crippen LogP contribution is 2.22. The lowest BCUT2D eigenvalue weighted by molar-refractivity contribution is 0.187. The van der Waals surface area contributed by atoms with Crippen LogP contribution in [0.4, 0.5) is 0 Å². The summed E-state index contributed by atoms with van der Waals surface area (Å²) in [5.74, 6) is 0. The molecule has 0 aromatic heterocycles. The van der Waals surface area contributed by atoms with Crippen molar-refractivity contribution in [2.75, 3.05) is 59.3 Å². The zero-order valence-corrected chi connectivity index (χ0v) is 27.3. The normalized spacial score (nSPS) is 15.1. The molecule has 0 aromatic carbocycles. The van der Waals surface area contributed by atoms with E-state index in [2.05, 4.69) is 67.2 Å². The standard InChI is InChI=1S/C24H57NO6Si3/c1-10-26-32(27-11-2)22(7)16-19-25(20-17-23(8)33(28-12-3)29-13-4)21-18-24(9)34(30-14-5)31-15-6/h22-24,32-34H,10-21H2,1-9H3. The molecule has 0 heterocycles. The molecule has 3 unspecified atom stereocenters. The third-order valence-corrected chi connectivity index (χ3v) is 13.8. The minimum atomic E-state index is -1.63. The van der Waals surface area contributed by atoms with E-state index in [0.29, 0.717) is 16.6 Å². The van der Waals surface area contributed by atoms with Gasteiger partial charge in [0.15, 0.2) is 0 Å². The second-order valence-corrected chi connectivity index (χ2v) is 16.6. The first-order chi connectivity index (χ1) is 16.4. The molecule has 34 heavy (non-hydrogen) atoms. The van der Waals surface area contributed by atoms with Crippen LogP contribution in [0.1, 0.15) is 81.6 Å². The Hall–Kier alpha value is 0.371. The Balaban J connectivity index is 5.08. The molecule has 0 bridgehead atoms. The van der Waals surface area contributed by atoms with Crippen LogP contribution in [0.5, 0.6) is 0 Å². The van der Waals surface area contributed by atoms with Crippen LogP contribution in [0.2, 0.25) is 16.6 Å². The monoisotopic (exact) mass is 539 g/mol. The second kappa shape index (κ2) is 22.6. The highest BCUT2D eigenvalue weighted by molar-refractivity contribution is 6.46. The van der Waals surface area contributed by atoms with Gasteiger partial charge in [-0.2, -0.15) is 0 Å². The highest BCUT2D eigenvalue weighted by Gasteiger charge is 2.26. The topological polar surface area (TPSA) is 58.6 Å². The van der Waals surface area contributed by atoms with Gasteiger partial charge in [-0.05, 0) is 97.1 Å². The van der Waals surface area contributed by atoms with E-state index in [1.54, 1.807) is 0 Å². The minimum absolute atomic E-state index is 0.486. The van der Waals surface area contributed by atoms with Crippen molar-refractivity contribution in [3.63, 3.8) is 0 Å². The fourth-order valence-corrected chi connectivity index (χ4v) is 9.51. The number of hydrogen-bond acceptors (Lipinski definition) is 7. The van der Waals surface area contributed by atoms with Crippen LogP contribution in [0.25, 0.3) is 0 Å². The van der Waals surface area contributed by atoms with Gasteiger partial charge in [-0.25, -0.2) is 0 Å². The van der Waals surface area contributed by atoms with Crippen molar-refractivity contribution in [2.24, 2.45) is 0 Å². The SMILES string of the molecule is CCO[SiH](OCC)C(C)CCN(CCC(C)[SiH](OCC)OCC)CCC(C)[SiH](OCC)OCC. The maximum absolute atomic E-state index is 5.99. The second-order valence-electron chi connectivity index (χ2n) is 8.98. The highest BCUT2D eigenvalue weighted by atomic mass is 28.3. The van der Waals surface area contributed by atoms with Crippen LogP contribution >= 0.6 is 0 Å². The molecule has 206 valence electrons. The van der Waals surface area contributed by atoms with Gasteiger partial charge in [0.2, 0.25) is 0 Å². The molecule has 0 saturated heterocycles. The average molecular weight is 540 g/mol. The molecule has 0 aliphatic rings. The number of hydrogen-bond donors (Lipinski definition) is 0. The minimum Gasteiger partial charge on any atom is -0.397 e. The maximum atomic E-state index is 5.99. The van der Waals surface area contributed by atoms with Crippen LogP contribution < -0.4 is 0 Å². The van der Waals surface area contributed by atoms with Gasteiger partial charge < -0.3 is 31.5 Å². The van der Waals surface area contributed by atoms with Crippen molar-refractivity contribution in [2.45, 2.75) is 98.2 Å². The lowest BCUT2D eigenvalue weighted by Crippen LogP contribution is -2.36. The van der Waals surface area contributed by atoms with Crippen molar-refractivity contribution in [1.29, 1.82) is 0 Å². The summed E-state index contributed by atoms with van der Waals surface area (Å²) in [7, 11) is -4.89. The Morgan fingerprint density at radius 3 is 0.824 bits per heavy atom. The summed E-state index contributed by atoms with van der Waals surface area (Å²) in [6.45, 7) is 26.9. The average Bonchev–Trinajstić information content (AvgIpc) is 2.82. The van der Waals surface area contributed by atoms with Crippen LogP contribution in [0.3, 0.4) is 0 Å². The molecule has 0 rings (SSSR count). The first-order valence-electron chi connectivity index (χ1n) is 13.8. The Morgan fingerprint density at radius 2 is 0.647 bits per heavy atom. The quantitative estimate of drug-likeness (QED) is 0.167. The largest absolute Gasteiger partial charge is 0.397 e. The van der Waals surface area contributed by atoms with E-state index in [1.807, 2.05) is 0 Å². The Morgan fingerprint density at radius 1 is 0.441 bits per heavy atom. The molecule has 7 nitrogen and oxygen atoms in total. The van der Waals surface area contributed by atoms with E-state index in [1.165, 1.54) is 0 Å². The Bertz CT molecular complexity index is 375. The summed E-state index contributed by atoms with van der Waals surface area (Å²) in [4.78, 5) is 2.62. The van der Waals surface area contributed by atoms with Crippen LogP contribution in [-0.2, 0) is 26.6 Å². The molecule has 0 saturated carbocycles. The van der Waals surface area contributed by atoms with E-state index in [9.17, 15) is 0 Å². The fourth-order valence-electron chi connectivity index (χ4n) is 4.02. The summed E-state index contributed by atoms with van der Waals surface area (Å²) in [5.41, 5.74) is 1.46. The molecule has 0 aliphatic carbocycles. The molecule has 3 atom stereocenters. The van der Waals surface area contributed by atoms with Gasteiger partial charge in [0.1, 0.15) is 0 Å². The number of rotatable bonds is 24. The van der Waals surface area contributed by atoms with E-state index >= 15 is 0 Å². The summed E-state index contributed by atoms with van der Waals surface area (Å²) >= 11 is 0. The van der Waals surface area contributed by atoms with E-state index in [4.69, 9.17) is 26.6 Å². The van der Waals surface area contributed by atoms with Crippen LogP contribution in [0, 0.1) is 0 Å². The smallest absolute Gasteiger partial charge is 0.324 e. The molecule has 10 heteroatoms. The van der Waals surface area contributed by atoms with Crippen molar-refractivity contribution >= 4 is 27.9 Å². The van der Waals surface area contributed by atoms with E-state index in [0.717, 1.165) is 78.5 Å². The molecule has 0 aromatic rings. The first kappa shape index (κ1) is 34.4. The van der Waals surface area contributed by atoms with E-state index < -0.39 is 27.9 Å². The van der Waals surface area contributed by atoms with Crippen LogP contribution in [0.15, 0.2) is 0 Å². The predicted molar refractivity (Wildman–Crippen MR) is 150 cm³/mol. The third-order valence-electron chi connectivity index (χ3n) is 6.08. The van der Waals surface area contributed by atoms with Crippen molar-refractivity contribution < 1.29 is 26.6 Å². The Kier molecular flexibility index (Phi) is 22.8. The molecule has 0 N–H and O–H groups in total. The summed E-state index contributed by atoms with van der Waals surface area (Å²) < 4.78 is 35.9. The van der Waals surface area contributed by atoms with Gasteiger partial charge in [-0.3, -0.25) is 0 Å². The maximum Gasteiger partial charge on any atom is 0.324 e. The third kappa shape index (κ3) is 15.5. The summed E-state index contributed by atoms with van der Waals surface area (Å²) in [6.07, 6.45) is 3.32. The van der Waals surface area contributed by atoms with Crippen molar-refractivity contribution in [1.82, 2.24) is 4.90 Å². The molecule has 0 aliphatic heterocycles. The van der Waals surface area contributed by atoms with Crippen molar-refractivity contribution in [3.8, 4) is 0 Å². The van der Waals surface area contributed by atoms with Crippen molar-refractivity contribution in [3.05, 3.63) is 0 Å². The lowest BCUT2D eigenvalue weighted by atomic mass is 10.2. The molecular weight excluding hydrogens is 483 g/mol. The zero-order chi connectivity index (χ0) is 25.8. The van der Waals surface area contributed by atoms with Gasteiger partial charge in [0.05, 0.1) is 0 Å². The molecule has 0 radical (unpaired) electrons. The molecular formula is C24H57NO6Si3. The first-order valence-corrected chi connectivity index (χ1v) is 18.6. The van der Waals surface area contributed by atoms with Gasteiger partial charge >= 0.3 is 27.9 Å². The summed E-state index contributed by atoms with van der Waals surface area (Å²) in [5, 5.41) is 0. The molecule has 0 fully saturated rings. The van der Waals surface area contributed by atoms with E-state index in [-0.39, 0.29) is 0 Å². The lowest BCUT2D eigenvalue weighted by Gasteiger charge is -2.30. The van der Waals surface area contributed by atoms with Gasteiger partial charge in [0, 0.05) is 39.6 Å². The fraction of sp³-hybridized carbons (Fsp3) is 1.00. The Labute approximate surface area is 216 Å². The summed E-state index contributed by atoms with van der Waals surface area (Å²) in [6, 6.07) is 0. The molecule has 0 spiro atoms. The van der Waals surface area contributed by atoms with Gasteiger partial charge in [-0.1, -0.05) is 20.8 Å².